The van der Waals surface area contributed by atoms with Crippen LogP contribution in [-0.4, -0.2) is 58.6 Å². The van der Waals surface area contributed by atoms with E-state index >= 15 is 0 Å². The van der Waals surface area contributed by atoms with Crippen molar-refractivity contribution in [1.29, 1.82) is 0 Å². The van der Waals surface area contributed by atoms with E-state index in [1.165, 1.54) is 16.8 Å². The quantitative estimate of drug-likeness (QED) is 0.855. The highest BCUT2D eigenvalue weighted by atomic mass is 16.4. The molecule has 1 unspecified atom stereocenters. The number of aliphatic carboxylic acids is 1. The standard InChI is InChI=1S/C14H21N3O3/c1-4-12(13(18)19)17(3)14(20)16(2)10-8-11-7-5-6-9-15-11/h5-7,9,12H,4,8,10H2,1-3H3,(H,18,19). The number of likely N-dealkylation sites (N-methyl/N-ethyl adjacent to an activating group) is 2. The van der Waals surface area contributed by atoms with Crippen molar-refractivity contribution in [2.75, 3.05) is 20.6 Å². The van der Waals surface area contributed by atoms with Gasteiger partial charge in [0.05, 0.1) is 0 Å². The first-order valence-electron chi connectivity index (χ1n) is 6.58. The highest BCUT2D eigenvalue weighted by Crippen LogP contribution is 2.06. The monoisotopic (exact) mass is 279 g/mol. The number of pyridine rings is 1. The Labute approximate surface area is 119 Å². The lowest BCUT2D eigenvalue weighted by Crippen LogP contribution is -2.48. The lowest BCUT2D eigenvalue weighted by Gasteiger charge is -2.28. The third kappa shape index (κ3) is 4.22. The predicted octanol–water partition coefficient (Wildman–Crippen LogP) is 1.47. The summed E-state index contributed by atoms with van der Waals surface area (Å²) in [5, 5.41) is 9.06. The van der Waals surface area contributed by atoms with Gasteiger partial charge in [-0.15, -0.1) is 0 Å². The number of rotatable bonds is 6. The van der Waals surface area contributed by atoms with Crippen molar-refractivity contribution >= 4 is 12.0 Å². The van der Waals surface area contributed by atoms with Gasteiger partial charge >= 0.3 is 12.0 Å². The summed E-state index contributed by atoms with van der Waals surface area (Å²) in [4.78, 5) is 30.2. The van der Waals surface area contributed by atoms with Crippen molar-refractivity contribution in [2.24, 2.45) is 0 Å². The fourth-order valence-electron chi connectivity index (χ4n) is 1.94. The van der Waals surface area contributed by atoms with E-state index in [4.69, 9.17) is 5.11 Å². The van der Waals surface area contributed by atoms with Gasteiger partial charge < -0.3 is 14.9 Å². The molecule has 0 bridgehead atoms. The van der Waals surface area contributed by atoms with Crippen molar-refractivity contribution < 1.29 is 14.7 Å². The normalized spacial score (nSPS) is 11.8. The number of urea groups is 1. The second-order valence-corrected chi connectivity index (χ2v) is 4.65. The molecular weight excluding hydrogens is 258 g/mol. The Morgan fingerprint density at radius 1 is 1.35 bits per heavy atom. The van der Waals surface area contributed by atoms with E-state index in [-0.39, 0.29) is 6.03 Å². The average Bonchev–Trinajstić information content (AvgIpc) is 2.45. The number of carbonyl (C=O) groups is 2. The molecule has 6 heteroatoms. The van der Waals surface area contributed by atoms with Gasteiger partial charge in [-0.1, -0.05) is 13.0 Å². The molecule has 6 nitrogen and oxygen atoms in total. The Balaban J connectivity index is 2.56. The fourth-order valence-corrected chi connectivity index (χ4v) is 1.94. The molecule has 0 aromatic carbocycles. The minimum absolute atomic E-state index is 0.296. The van der Waals surface area contributed by atoms with E-state index in [0.717, 1.165) is 5.69 Å². The number of aromatic nitrogens is 1. The summed E-state index contributed by atoms with van der Waals surface area (Å²) < 4.78 is 0. The topological polar surface area (TPSA) is 73.7 Å². The van der Waals surface area contributed by atoms with E-state index in [2.05, 4.69) is 4.98 Å². The van der Waals surface area contributed by atoms with E-state index in [1.54, 1.807) is 20.2 Å². The molecule has 0 aliphatic rings. The number of hydrogen-bond acceptors (Lipinski definition) is 3. The van der Waals surface area contributed by atoms with Crippen LogP contribution >= 0.6 is 0 Å². The Bertz CT molecular complexity index is 450. The second-order valence-electron chi connectivity index (χ2n) is 4.65. The lowest BCUT2D eigenvalue weighted by atomic mass is 10.2. The third-order valence-electron chi connectivity index (χ3n) is 3.20. The molecule has 0 aliphatic heterocycles. The fraction of sp³-hybridized carbons (Fsp3) is 0.500. The van der Waals surface area contributed by atoms with Crippen LogP contribution in [0.1, 0.15) is 19.0 Å². The molecular formula is C14H21N3O3. The smallest absolute Gasteiger partial charge is 0.326 e. The molecule has 20 heavy (non-hydrogen) atoms. The van der Waals surface area contributed by atoms with Crippen molar-refractivity contribution in [3.63, 3.8) is 0 Å². The van der Waals surface area contributed by atoms with Gasteiger partial charge in [-0.3, -0.25) is 4.98 Å². The minimum atomic E-state index is -0.985. The van der Waals surface area contributed by atoms with Crippen LogP contribution in [0.25, 0.3) is 0 Å². The number of carboxylic acids is 1. The predicted molar refractivity (Wildman–Crippen MR) is 75.4 cm³/mol. The van der Waals surface area contributed by atoms with E-state index < -0.39 is 12.0 Å². The van der Waals surface area contributed by atoms with Crippen LogP contribution in [-0.2, 0) is 11.2 Å². The Kier molecular flexibility index (Phi) is 5.96. The minimum Gasteiger partial charge on any atom is -0.480 e. The number of nitrogens with zero attached hydrogens (tertiary/aromatic N) is 3. The molecule has 1 N–H and O–H groups in total. The Hall–Kier alpha value is -2.11. The average molecular weight is 279 g/mol. The van der Waals surface area contributed by atoms with E-state index in [1.807, 2.05) is 18.2 Å². The van der Waals surface area contributed by atoms with Crippen LogP contribution in [0.5, 0.6) is 0 Å². The second kappa shape index (κ2) is 7.47. The summed E-state index contributed by atoms with van der Waals surface area (Å²) in [6, 6.07) is 4.54. The first kappa shape index (κ1) is 15.9. The van der Waals surface area contributed by atoms with Gasteiger partial charge in [-0.25, -0.2) is 9.59 Å². The van der Waals surface area contributed by atoms with Crippen LogP contribution in [0.4, 0.5) is 4.79 Å². The molecule has 0 spiro atoms. The van der Waals surface area contributed by atoms with Gasteiger partial charge in [0.25, 0.3) is 0 Å². The molecule has 0 fully saturated rings. The van der Waals surface area contributed by atoms with Gasteiger partial charge in [0.1, 0.15) is 6.04 Å². The Morgan fingerprint density at radius 3 is 2.55 bits per heavy atom. The maximum absolute atomic E-state index is 12.1. The maximum Gasteiger partial charge on any atom is 0.326 e. The number of hydrogen-bond donors (Lipinski definition) is 1. The zero-order valence-corrected chi connectivity index (χ0v) is 12.1. The maximum atomic E-state index is 12.1. The molecule has 1 rings (SSSR count). The molecule has 1 atom stereocenters. The Morgan fingerprint density at radius 2 is 2.05 bits per heavy atom. The van der Waals surface area contributed by atoms with Crippen LogP contribution in [0, 0.1) is 0 Å². The molecule has 110 valence electrons. The largest absolute Gasteiger partial charge is 0.480 e. The van der Waals surface area contributed by atoms with Crippen molar-refractivity contribution in [3.05, 3.63) is 30.1 Å². The number of carbonyl (C=O) groups excluding carboxylic acids is 1. The van der Waals surface area contributed by atoms with Crippen LogP contribution in [0.15, 0.2) is 24.4 Å². The lowest BCUT2D eigenvalue weighted by molar-refractivity contribution is -0.142. The molecule has 1 aromatic rings. The van der Waals surface area contributed by atoms with Gasteiger partial charge in [0.15, 0.2) is 0 Å². The highest BCUT2D eigenvalue weighted by Gasteiger charge is 2.26. The van der Waals surface area contributed by atoms with Gasteiger partial charge in [0.2, 0.25) is 0 Å². The van der Waals surface area contributed by atoms with E-state index in [0.29, 0.717) is 19.4 Å². The summed E-state index contributed by atoms with van der Waals surface area (Å²) in [5.41, 5.74) is 0.903. The molecule has 0 saturated heterocycles. The molecule has 1 heterocycles. The summed E-state index contributed by atoms with van der Waals surface area (Å²) in [7, 11) is 3.18. The molecule has 0 radical (unpaired) electrons. The first-order valence-corrected chi connectivity index (χ1v) is 6.58. The highest BCUT2D eigenvalue weighted by molar-refractivity contribution is 5.82. The van der Waals surface area contributed by atoms with Crippen LogP contribution < -0.4 is 0 Å². The summed E-state index contributed by atoms with van der Waals surface area (Å²) in [6.45, 7) is 2.24. The summed E-state index contributed by atoms with van der Waals surface area (Å²) in [5.74, 6) is -0.985. The third-order valence-corrected chi connectivity index (χ3v) is 3.20. The molecule has 0 saturated carbocycles. The molecule has 1 aromatic heterocycles. The van der Waals surface area contributed by atoms with E-state index in [9.17, 15) is 9.59 Å². The van der Waals surface area contributed by atoms with Gasteiger partial charge in [-0.05, 0) is 18.6 Å². The van der Waals surface area contributed by atoms with Gasteiger partial charge in [0, 0.05) is 39.0 Å². The first-order chi connectivity index (χ1) is 9.47. The van der Waals surface area contributed by atoms with Crippen LogP contribution in [0.2, 0.25) is 0 Å². The zero-order chi connectivity index (χ0) is 15.1. The zero-order valence-electron chi connectivity index (χ0n) is 12.1. The summed E-state index contributed by atoms with van der Waals surface area (Å²) in [6.07, 6.45) is 2.73. The van der Waals surface area contributed by atoms with Crippen LogP contribution in [0.3, 0.4) is 0 Å². The summed E-state index contributed by atoms with van der Waals surface area (Å²) >= 11 is 0. The molecule has 2 amide bonds. The number of carboxylic acid groups (broad SMARTS) is 1. The number of amides is 2. The van der Waals surface area contributed by atoms with Gasteiger partial charge in [-0.2, -0.15) is 0 Å². The van der Waals surface area contributed by atoms with Crippen molar-refractivity contribution in [3.8, 4) is 0 Å². The molecule has 0 aliphatic carbocycles. The van der Waals surface area contributed by atoms with Crippen molar-refractivity contribution in [2.45, 2.75) is 25.8 Å². The SMILES string of the molecule is CCC(C(=O)O)N(C)C(=O)N(C)CCc1ccccn1. The van der Waals surface area contributed by atoms with Crippen molar-refractivity contribution in [1.82, 2.24) is 14.8 Å².